The molecule has 0 aliphatic carbocycles. The second-order valence-corrected chi connectivity index (χ2v) is 10.5. The summed E-state index contributed by atoms with van der Waals surface area (Å²) in [7, 11) is -3.86. The van der Waals surface area contributed by atoms with Crippen LogP contribution in [0.3, 0.4) is 0 Å². The number of amides is 1. The van der Waals surface area contributed by atoms with Crippen LogP contribution in [-0.4, -0.2) is 44.8 Å². The first-order chi connectivity index (χ1) is 16.2. The second-order valence-electron chi connectivity index (χ2n) is 8.50. The van der Waals surface area contributed by atoms with Gasteiger partial charge in [-0.2, -0.15) is 8.42 Å². The number of rotatable bonds is 7. The highest BCUT2D eigenvalue weighted by Gasteiger charge is 2.30. The number of halogens is 1. The summed E-state index contributed by atoms with van der Waals surface area (Å²) in [6.45, 7) is 7.23. The average Bonchev–Trinajstić information content (AvgIpc) is 2.78. The third-order valence-electron chi connectivity index (χ3n) is 5.41. The van der Waals surface area contributed by atoms with Crippen molar-refractivity contribution in [1.29, 1.82) is 0 Å². The van der Waals surface area contributed by atoms with E-state index in [0.717, 1.165) is 16.6 Å². The minimum Gasteiger partial charge on any atom is -0.383 e. The van der Waals surface area contributed by atoms with Gasteiger partial charge in [-0.05, 0) is 55.3 Å². The molecule has 10 heteroatoms. The lowest BCUT2D eigenvalue weighted by Crippen LogP contribution is -2.37. The van der Waals surface area contributed by atoms with E-state index in [1.807, 2.05) is 17.0 Å². The molecule has 3 aromatic rings. The molecule has 8 nitrogen and oxygen atoms in total. The third kappa shape index (κ3) is 5.00. The van der Waals surface area contributed by atoms with Gasteiger partial charge < -0.3 is 15.5 Å². The summed E-state index contributed by atoms with van der Waals surface area (Å²) in [5.41, 5.74) is 2.48. The number of fused-ring (bicyclic) bond motifs is 2. The Bertz CT molecular complexity index is 1390. The number of nitrogens with one attached hydrogen (secondary N) is 2. The molecule has 0 spiro atoms. The van der Waals surface area contributed by atoms with Gasteiger partial charge in [0.1, 0.15) is 10.7 Å². The van der Waals surface area contributed by atoms with Crippen molar-refractivity contribution in [3.8, 4) is 0 Å². The molecule has 1 aliphatic heterocycles. The first-order valence-corrected chi connectivity index (χ1v) is 12.8. The molecule has 2 heterocycles. The van der Waals surface area contributed by atoms with Crippen LogP contribution in [0.15, 0.2) is 58.0 Å². The van der Waals surface area contributed by atoms with Crippen LogP contribution >= 0.6 is 11.6 Å². The van der Waals surface area contributed by atoms with E-state index >= 15 is 0 Å². The summed E-state index contributed by atoms with van der Waals surface area (Å²) in [6.07, 6.45) is 1.69. The molecule has 0 radical (unpaired) electrons. The topological polar surface area (TPSA) is 104 Å². The maximum atomic E-state index is 12.7. The number of carbonyl (C=O) groups is 1. The molecule has 0 bridgehead atoms. The van der Waals surface area contributed by atoms with Crippen LogP contribution in [0.25, 0.3) is 10.9 Å². The molecular weight excluding hydrogens is 474 g/mol. The van der Waals surface area contributed by atoms with E-state index in [4.69, 9.17) is 11.6 Å². The van der Waals surface area contributed by atoms with E-state index in [1.165, 1.54) is 6.07 Å². The predicted molar refractivity (Wildman–Crippen MR) is 136 cm³/mol. The van der Waals surface area contributed by atoms with Crippen molar-refractivity contribution < 1.29 is 13.2 Å². The third-order valence-corrected chi connectivity index (χ3v) is 7.03. The number of hydrogen-bond acceptors (Lipinski definition) is 6. The molecule has 178 valence electrons. The van der Waals surface area contributed by atoms with Crippen molar-refractivity contribution in [2.75, 3.05) is 29.9 Å². The zero-order valence-electron chi connectivity index (χ0n) is 19.2. The van der Waals surface area contributed by atoms with Gasteiger partial charge in [-0.15, -0.1) is 4.40 Å². The van der Waals surface area contributed by atoms with Crippen LogP contribution in [0.2, 0.25) is 5.02 Å². The van der Waals surface area contributed by atoms with Gasteiger partial charge in [0.15, 0.2) is 0 Å². The van der Waals surface area contributed by atoms with Crippen LogP contribution < -0.4 is 15.5 Å². The summed E-state index contributed by atoms with van der Waals surface area (Å²) in [6, 6.07) is 12.1. The Morgan fingerprint density at radius 3 is 2.68 bits per heavy atom. The highest BCUT2D eigenvalue weighted by molar-refractivity contribution is 7.90. The Morgan fingerprint density at radius 2 is 1.91 bits per heavy atom. The van der Waals surface area contributed by atoms with Crippen LogP contribution in [0.5, 0.6) is 0 Å². The van der Waals surface area contributed by atoms with Gasteiger partial charge in [0.25, 0.3) is 15.9 Å². The molecule has 0 unspecified atom stereocenters. The first kappa shape index (κ1) is 24.0. The van der Waals surface area contributed by atoms with E-state index in [-0.39, 0.29) is 16.4 Å². The normalized spacial score (nSPS) is 14.6. The Morgan fingerprint density at radius 1 is 1.12 bits per heavy atom. The van der Waals surface area contributed by atoms with E-state index in [0.29, 0.717) is 42.1 Å². The summed E-state index contributed by atoms with van der Waals surface area (Å²) >= 11 is 6.03. The quantitative estimate of drug-likeness (QED) is 0.469. The van der Waals surface area contributed by atoms with Crippen molar-refractivity contribution in [2.24, 2.45) is 10.3 Å². The lowest BCUT2D eigenvalue weighted by Gasteiger charge is -2.30. The monoisotopic (exact) mass is 499 g/mol. The van der Waals surface area contributed by atoms with Gasteiger partial charge in [0, 0.05) is 47.5 Å². The second kappa shape index (κ2) is 9.60. The van der Waals surface area contributed by atoms with Gasteiger partial charge in [-0.1, -0.05) is 25.4 Å². The Hall–Kier alpha value is -3.17. The van der Waals surface area contributed by atoms with Crippen molar-refractivity contribution >= 4 is 55.6 Å². The van der Waals surface area contributed by atoms with Crippen LogP contribution in [-0.2, 0) is 10.0 Å². The molecule has 2 aromatic carbocycles. The predicted octanol–water partition coefficient (Wildman–Crippen LogP) is 4.31. The highest BCUT2D eigenvalue weighted by Crippen LogP contribution is 2.33. The molecule has 1 aromatic heterocycles. The largest absolute Gasteiger partial charge is 0.383 e. The number of hydrogen-bond donors (Lipinski definition) is 2. The van der Waals surface area contributed by atoms with Crippen molar-refractivity contribution in [3.63, 3.8) is 0 Å². The summed E-state index contributed by atoms with van der Waals surface area (Å²) in [5.74, 6) is 0.381. The molecule has 2 N–H and O–H groups in total. The molecule has 1 amide bonds. The number of nitrogens with zero attached hydrogens (tertiary/aromatic N) is 3. The summed E-state index contributed by atoms with van der Waals surface area (Å²) in [4.78, 5) is 19.0. The number of anilines is 2. The van der Waals surface area contributed by atoms with Crippen LogP contribution in [0.1, 0.15) is 31.1 Å². The highest BCUT2D eigenvalue weighted by atomic mass is 35.5. The average molecular weight is 500 g/mol. The van der Waals surface area contributed by atoms with Crippen molar-refractivity contribution in [1.82, 2.24) is 10.3 Å². The molecule has 0 saturated heterocycles. The van der Waals surface area contributed by atoms with E-state index in [1.54, 1.807) is 37.4 Å². The van der Waals surface area contributed by atoms with Crippen molar-refractivity contribution in [3.05, 3.63) is 59.2 Å². The maximum absolute atomic E-state index is 12.7. The number of sulfonamides is 1. The fourth-order valence-corrected chi connectivity index (χ4v) is 5.31. The van der Waals surface area contributed by atoms with Crippen LogP contribution in [0, 0.1) is 5.92 Å². The first-order valence-electron chi connectivity index (χ1n) is 11.0. The lowest BCUT2D eigenvalue weighted by atomic mass is 10.1. The van der Waals surface area contributed by atoms with Gasteiger partial charge in [0.05, 0.1) is 11.2 Å². The molecule has 34 heavy (non-hydrogen) atoms. The summed E-state index contributed by atoms with van der Waals surface area (Å²) in [5, 5.41) is 7.66. The van der Waals surface area contributed by atoms with Gasteiger partial charge in [-0.3, -0.25) is 9.78 Å². The number of benzene rings is 2. The molecule has 0 saturated carbocycles. The Kier molecular flexibility index (Phi) is 6.77. The number of aromatic nitrogens is 1. The number of pyridine rings is 1. The van der Waals surface area contributed by atoms with Crippen molar-refractivity contribution in [2.45, 2.75) is 25.7 Å². The molecule has 0 fully saturated rings. The maximum Gasteiger partial charge on any atom is 0.286 e. The fraction of sp³-hybridized carbons (Fsp3) is 0.292. The molecule has 0 atom stereocenters. The van der Waals surface area contributed by atoms with E-state index in [2.05, 4.69) is 33.9 Å². The fourth-order valence-electron chi connectivity index (χ4n) is 3.88. The Labute approximate surface area is 204 Å². The minimum atomic E-state index is -3.86. The standard InChI is InChI=1S/C24H26ClN5O3S/c1-15(2)14-30-16(3)29-34(32,33)23-12-17(4-7-22(23)30)24(31)28-11-10-27-20-8-9-26-21-13-18(25)5-6-19(20)21/h4-9,12-13,15H,10-11,14H2,1-3H3,(H,26,27)(H,28,31). The molecule has 4 rings (SSSR count). The van der Waals surface area contributed by atoms with E-state index < -0.39 is 10.0 Å². The number of carbonyl (C=O) groups excluding carboxylic acids is 1. The zero-order valence-corrected chi connectivity index (χ0v) is 20.7. The van der Waals surface area contributed by atoms with Gasteiger partial charge >= 0.3 is 0 Å². The lowest BCUT2D eigenvalue weighted by molar-refractivity contribution is 0.0955. The van der Waals surface area contributed by atoms with E-state index in [9.17, 15) is 13.2 Å². The smallest absolute Gasteiger partial charge is 0.286 e. The SMILES string of the molecule is CC1=NS(=O)(=O)c2cc(C(=O)NCCNc3ccnc4cc(Cl)ccc34)ccc2N1CC(C)C. The number of amidine groups is 1. The minimum absolute atomic E-state index is 0.0476. The Balaban J connectivity index is 1.44. The molecular formula is C24H26ClN5O3S. The van der Waals surface area contributed by atoms with Gasteiger partial charge in [0.2, 0.25) is 0 Å². The van der Waals surface area contributed by atoms with Crippen LogP contribution in [0.4, 0.5) is 11.4 Å². The summed E-state index contributed by atoms with van der Waals surface area (Å²) < 4.78 is 29.2. The zero-order chi connectivity index (χ0) is 24.5. The van der Waals surface area contributed by atoms with Gasteiger partial charge in [-0.25, -0.2) is 0 Å². The molecule has 1 aliphatic rings.